The highest BCUT2D eigenvalue weighted by molar-refractivity contribution is 8.27. The molecule has 0 unspecified atom stereocenters. The second-order valence-corrected chi connectivity index (χ2v) is 12.1. The van der Waals surface area contributed by atoms with Gasteiger partial charge in [-0.15, -0.1) is 0 Å². The number of thiocarbonyl (C=S) groups is 1. The van der Waals surface area contributed by atoms with Crippen molar-refractivity contribution in [2.24, 2.45) is 7.05 Å². The molecule has 4 heterocycles. The Kier molecular flexibility index (Phi) is 7.02. The van der Waals surface area contributed by atoms with E-state index >= 15 is 0 Å². The first kappa shape index (κ1) is 27.0. The van der Waals surface area contributed by atoms with Crippen LogP contribution in [0.1, 0.15) is 16.8 Å². The summed E-state index contributed by atoms with van der Waals surface area (Å²) in [7, 11) is 1.76. The summed E-state index contributed by atoms with van der Waals surface area (Å²) in [6.07, 6.45) is 3.21. The number of hydrogen-bond donors (Lipinski definition) is 0. The van der Waals surface area contributed by atoms with E-state index < -0.39 is 5.91 Å². The van der Waals surface area contributed by atoms with Crippen LogP contribution in [0.2, 0.25) is 0 Å². The van der Waals surface area contributed by atoms with Crippen molar-refractivity contribution < 1.29 is 4.79 Å². The van der Waals surface area contributed by atoms with Gasteiger partial charge in [-0.2, -0.15) is 0 Å². The monoisotopic (exact) mass is 597 g/mol. The molecule has 8 nitrogen and oxygen atoms in total. The summed E-state index contributed by atoms with van der Waals surface area (Å²) in [6.45, 7) is 3.67. The number of carbonyl (C=O) groups excluding carboxylic acids is 1. The van der Waals surface area contributed by atoms with Gasteiger partial charge >= 0.3 is 0 Å². The number of aryl methyl sites for hydroxylation is 1. The summed E-state index contributed by atoms with van der Waals surface area (Å²) in [4.78, 5) is 48.5. The van der Waals surface area contributed by atoms with Gasteiger partial charge in [-0.1, -0.05) is 78.2 Å². The molecule has 0 N–H and O–H groups in total. The molecule has 6 rings (SSSR count). The number of carbonyl (C=O) groups is 1. The minimum absolute atomic E-state index is 0.185. The summed E-state index contributed by atoms with van der Waals surface area (Å²) in [5.41, 5.74) is 2.44. The third-order valence-corrected chi connectivity index (χ3v) is 9.14. The van der Waals surface area contributed by atoms with Crippen LogP contribution in [0.4, 0.5) is 5.69 Å². The highest BCUT2D eigenvalue weighted by Gasteiger charge is 2.38. The van der Waals surface area contributed by atoms with Gasteiger partial charge in [0.2, 0.25) is 0 Å². The molecule has 11 heteroatoms. The van der Waals surface area contributed by atoms with E-state index in [1.807, 2.05) is 73.7 Å². The zero-order valence-electron chi connectivity index (χ0n) is 22.3. The molecule has 0 spiro atoms. The third kappa shape index (κ3) is 4.65. The van der Waals surface area contributed by atoms with E-state index in [4.69, 9.17) is 17.2 Å². The molecule has 3 aromatic heterocycles. The van der Waals surface area contributed by atoms with Gasteiger partial charge in [0.1, 0.15) is 16.4 Å². The normalized spacial score (nSPS) is 14.5. The fourth-order valence-corrected chi connectivity index (χ4v) is 6.85. The molecule has 0 radical (unpaired) electrons. The zero-order valence-corrected chi connectivity index (χ0v) is 24.7. The lowest BCUT2D eigenvalue weighted by atomic mass is 10.2. The van der Waals surface area contributed by atoms with Crippen molar-refractivity contribution in [3.05, 3.63) is 121 Å². The first-order valence-corrected chi connectivity index (χ1v) is 14.7. The lowest BCUT2D eigenvalue weighted by Gasteiger charge is -2.12. The van der Waals surface area contributed by atoms with Crippen LogP contribution in [0.15, 0.2) is 103 Å². The number of aromatic nitrogens is 4. The van der Waals surface area contributed by atoms with Crippen LogP contribution in [0, 0.1) is 13.8 Å². The molecule has 1 fully saturated rings. The number of anilines is 1. The van der Waals surface area contributed by atoms with Crippen LogP contribution in [0.3, 0.4) is 0 Å². The number of hydrogen-bond acceptors (Lipinski definition) is 7. The molecule has 2 aromatic carbocycles. The highest BCUT2D eigenvalue weighted by atomic mass is 32.2. The van der Waals surface area contributed by atoms with E-state index in [1.165, 1.54) is 25.7 Å². The van der Waals surface area contributed by atoms with E-state index in [0.717, 1.165) is 22.2 Å². The number of fused-ring (bicyclic) bond motifs is 1. The van der Waals surface area contributed by atoms with Crippen molar-refractivity contribution in [3.63, 3.8) is 0 Å². The van der Waals surface area contributed by atoms with Crippen molar-refractivity contribution in [3.8, 4) is 5.69 Å². The van der Waals surface area contributed by atoms with Gasteiger partial charge in [0.05, 0.1) is 21.8 Å². The van der Waals surface area contributed by atoms with Crippen molar-refractivity contribution in [2.45, 2.75) is 23.8 Å². The quantitative estimate of drug-likeness (QED) is 0.153. The van der Waals surface area contributed by atoms with Crippen LogP contribution in [-0.4, -0.2) is 29.0 Å². The Labute approximate surface area is 248 Å². The predicted molar refractivity (Wildman–Crippen MR) is 168 cm³/mol. The lowest BCUT2D eigenvalue weighted by molar-refractivity contribution is -0.113. The van der Waals surface area contributed by atoms with Gasteiger partial charge in [0.25, 0.3) is 17.0 Å². The van der Waals surface area contributed by atoms with E-state index in [0.29, 0.717) is 22.1 Å². The Balaban J connectivity index is 1.48. The third-order valence-electron chi connectivity index (χ3n) is 6.82. The second-order valence-electron chi connectivity index (χ2n) is 9.36. The lowest BCUT2D eigenvalue weighted by Crippen LogP contribution is -2.33. The van der Waals surface area contributed by atoms with Gasteiger partial charge < -0.3 is 0 Å². The maximum Gasteiger partial charge on any atom is 0.296 e. The minimum atomic E-state index is -0.463. The van der Waals surface area contributed by atoms with Gasteiger partial charge in [0.15, 0.2) is 4.32 Å². The van der Waals surface area contributed by atoms with Gasteiger partial charge in [-0.3, -0.25) is 28.4 Å². The van der Waals surface area contributed by atoms with Crippen LogP contribution in [-0.2, 0) is 11.8 Å². The number of nitrogens with zero attached hydrogens (tertiary/aromatic N) is 5. The first-order valence-electron chi connectivity index (χ1n) is 12.6. The summed E-state index contributed by atoms with van der Waals surface area (Å²) >= 11 is 8.02. The Hall–Kier alpha value is -4.19. The predicted octanol–water partition coefficient (Wildman–Crippen LogP) is 5.36. The largest absolute Gasteiger partial charge is 0.296 e. The van der Waals surface area contributed by atoms with Crippen molar-refractivity contribution in [2.75, 3.05) is 4.90 Å². The van der Waals surface area contributed by atoms with Crippen molar-refractivity contribution in [1.82, 2.24) is 18.7 Å². The molecular formula is C30H23N5O3S3. The van der Waals surface area contributed by atoms with E-state index in [2.05, 4.69) is 0 Å². The molecule has 1 aliphatic heterocycles. The van der Waals surface area contributed by atoms with E-state index in [1.54, 1.807) is 37.0 Å². The molecule has 0 saturated carbocycles. The van der Waals surface area contributed by atoms with Gasteiger partial charge in [-0.25, -0.2) is 9.67 Å². The average molecular weight is 598 g/mol. The maximum atomic E-state index is 13.8. The molecule has 1 amide bonds. The van der Waals surface area contributed by atoms with Crippen LogP contribution < -0.4 is 16.0 Å². The fraction of sp³-hybridized carbons (Fsp3) is 0.100. The molecule has 0 aliphatic carbocycles. The Bertz CT molecular complexity index is 2010. The van der Waals surface area contributed by atoms with Gasteiger partial charge in [-0.05, 0) is 55.8 Å². The first-order chi connectivity index (χ1) is 19.8. The second kappa shape index (κ2) is 10.7. The van der Waals surface area contributed by atoms with E-state index in [9.17, 15) is 14.4 Å². The van der Waals surface area contributed by atoms with E-state index in [-0.39, 0.29) is 31.6 Å². The summed E-state index contributed by atoms with van der Waals surface area (Å²) in [5, 5.41) is 0.475. The zero-order chi connectivity index (χ0) is 28.8. The summed E-state index contributed by atoms with van der Waals surface area (Å²) in [5.74, 6) is -0.463. The number of benzene rings is 2. The Morgan fingerprint density at radius 1 is 0.902 bits per heavy atom. The van der Waals surface area contributed by atoms with Crippen LogP contribution in [0.25, 0.3) is 17.4 Å². The molecule has 1 aliphatic rings. The highest BCUT2D eigenvalue weighted by Crippen LogP contribution is 2.38. The molecule has 0 bridgehead atoms. The number of para-hydroxylation sites is 1. The summed E-state index contributed by atoms with van der Waals surface area (Å²) in [6, 6.07) is 22.5. The van der Waals surface area contributed by atoms with Crippen molar-refractivity contribution in [1.29, 1.82) is 0 Å². The standard InChI is InChI=1S/C30H23N5O3S3/c1-18-11-10-16-33-25(18)31-26(40-21-14-8-5-9-15-21)22(27(33)36)17-23-28(37)34(30(39)41-23)24-19(2)32(3)35(29(24)38)20-12-6-4-7-13-20/h4-17H,1-3H3/b23-17+. The molecule has 204 valence electrons. The topological polar surface area (TPSA) is 81.6 Å². The maximum absolute atomic E-state index is 13.8. The fourth-order valence-electron chi connectivity index (χ4n) is 4.70. The Morgan fingerprint density at radius 2 is 1.59 bits per heavy atom. The summed E-state index contributed by atoms with van der Waals surface area (Å²) < 4.78 is 4.90. The Morgan fingerprint density at radius 3 is 2.29 bits per heavy atom. The molecule has 1 saturated heterocycles. The number of pyridine rings is 1. The molecular weight excluding hydrogens is 575 g/mol. The number of rotatable bonds is 5. The number of thioether (sulfide) groups is 1. The van der Waals surface area contributed by atoms with Crippen LogP contribution in [0.5, 0.6) is 0 Å². The average Bonchev–Trinajstić information content (AvgIpc) is 3.36. The minimum Gasteiger partial charge on any atom is -0.283 e. The van der Waals surface area contributed by atoms with Crippen LogP contribution >= 0.6 is 35.7 Å². The molecule has 41 heavy (non-hydrogen) atoms. The smallest absolute Gasteiger partial charge is 0.283 e. The molecule has 5 aromatic rings. The number of amides is 1. The van der Waals surface area contributed by atoms with Crippen molar-refractivity contribution >= 4 is 63.4 Å². The van der Waals surface area contributed by atoms with Gasteiger partial charge in [0, 0.05) is 18.1 Å². The SMILES string of the molecule is Cc1cccn2c(=O)c(/C=C3/SC(=S)N(c4c(C)n(C)n(-c5ccccc5)c4=O)C3=O)c(Sc3ccccc3)nc12. The molecule has 0 atom stereocenters.